The van der Waals surface area contributed by atoms with Gasteiger partial charge in [0.15, 0.2) is 0 Å². The molecule has 19 heavy (non-hydrogen) atoms. The van der Waals surface area contributed by atoms with Gasteiger partial charge in [0.25, 0.3) is 0 Å². The molecule has 4 N–H and O–H groups in total. The van der Waals surface area contributed by atoms with Gasteiger partial charge >= 0.3 is 5.69 Å². The van der Waals surface area contributed by atoms with Gasteiger partial charge in [-0.1, -0.05) is 15.9 Å². The number of ether oxygens (including phenoxy) is 1. The zero-order valence-corrected chi connectivity index (χ0v) is 11.5. The van der Waals surface area contributed by atoms with Gasteiger partial charge in [-0.15, -0.1) is 0 Å². The van der Waals surface area contributed by atoms with Crippen LogP contribution in [0.2, 0.25) is 0 Å². The standard InChI is InChI=1S/C11H14BrN3O4/c12-2-1-6-4-15(11(18)14-10(6)13)9-3-7(17)8(5-16)19-9/h1-2,4,7-9,16-17H,3,5H2,(H2,13,14,18)/b2-1+. The van der Waals surface area contributed by atoms with Crippen molar-refractivity contribution in [1.82, 2.24) is 9.55 Å². The van der Waals surface area contributed by atoms with Crippen LogP contribution in [0, 0.1) is 0 Å². The fourth-order valence-electron chi connectivity index (χ4n) is 1.95. The van der Waals surface area contributed by atoms with E-state index in [2.05, 4.69) is 20.9 Å². The minimum absolute atomic E-state index is 0.120. The maximum atomic E-state index is 11.8. The highest BCUT2D eigenvalue weighted by atomic mass is 79.9. The summed E-state index contributed by atoms with van der Waals surface area (Å²) in [5, 5.41) is 18.7. The Morgan fingerprint density at radius 2 is 2.42 bits per heavy atom. The van der Waals surface area contributed by atoms with Crippen molar-refractivity contribution in [3.8, 4) is 0 Å². The molecule has 1 fully saturated rings. The minimum Gasteiger partial charge on any atom is -0.394 e. The molecule has 2 heterocycles. The Morgan fingerprint density at radius 3 is 3.00 bits per heavy atom. The summed E-state index contributed by atoms with van der Waals surface area (Å²) in [6.07, 6.45) is 1.22. The van der Waals surface area contributed by atoms with Crippen molar-refractivity contribution in [3.05, 3.63) is 27.2 Å². The van der Waals surface area contributed by atoms with Crippen LogP contribution >= 0.6 is 15.9 Å². The molecule has 1 saturated heterocycles. The maximum Gasteiger partial charge on any atom is 0.351 e. The van der Waals surface area contributed by atoms with Crippen LogP contribution in [0.5, 0.6) is 0 Å². The van der Waals surface area contributed by atoms with E-state index in [9.17, 15) is 9.90 Å². The zero-order chi connectivity index (χ0) is 14.0. The lowest BCUT2D eigenvalue weighted by molar-refractivity contribution is -0.0458. The molecule has 0 aromatic carbocycles. The molecule has 0 spiro atoms. The van der Waals surface area contributed by atoms with Gasteiger partial charge in [-0.25, -0.2) is 4.79 Å². The Labute approximate surface area is 117 Å². The summed E-state index contributed by atoms with van der Waals surface area (Å²) in [6, 6.07) is 0. The van der Waals surface area contributed by atoms with E-state index in [1.54, 1.807) is 11.1 Å². The van der Waals surface area contributed by atoms with Gasteiger partial charge in [0.2, 0.25) is 0 Å². The van der Waals surface area contributed by atoms with E-state index in [1.165, 1.54) is 10.8 Å². The molecule has 1 aliphatic heterocycles. The van der Waals surface area contributed by atoms with Crippen molar-refractivity contribution in [2.75, 3.05) is 12.3 Å². The summed E-state index contributed by atoms with van der Waals surface area (Å²) in [5.74, 6) is 0.120. The third kappa shape index (κ3) is 2.86. The van der Waals surface area contributed by atoms with Gasteiger partial charge in [-0.05, 0) is 11.1 Å². The first kappa shape index (κ1) is 14.2. The quantitative estimate of drug-likeness (QED) is 0.709. The summed E-state index contributed by atoms with van der Waals surface area (Å²) < 4.78 is 6.67. The molecule has 1 aliphatic rings. The van der Waals surface area contributed by atoms with Crippen LogP contribution in [-0.4, -0.2) is 38.6 Å². The van der Waals surface area contributed by atoms with Crippen LogP contribution in [0.15, 0.2) is 16.0 Å². The third-order valence-electron chi connectivity index (χ3n) is 2.95. The number of anilines is 1. The molecule has 0 radical (unpaired) electrons. The first-order chi connectivity index (χ1) is 9.06. The van der Waals surface area contributed by atoms with Crippen molar-refractivity contribution in [3.63, 3.8) is 0 Å². The molecule has 8 heteroatoms. The van der Waals surface area contributed by atoms with Crippen molar-refractivity contribution in [1.29, 1.82) is 0 Å². The SMILES string of the molecule is Nc1nc(=O)n(C2CC(O)C(CO)O2)cc1/C=C/Br. The first-order valence-corrected chi connectivity index (χ1v) is 6.58. The summed E-state index contributed by atoms with van der Waals surface area (Å²) in [6.45, 7) is -0.303. The van der Waals surface area contributed by atoms with E-state index < -0.39 is 24.1 Å². The summed E-state index contributed by atoms with van der Waals surface area (Å²) in [5.41, 5.74) is 5.63. The van der Waals surface area contributed by atoms with Crippen LogP contribution in [0.25, 0.3) is 6.08 Å². The van der Waals surface area contributed by atoms with Gasteiger partial charge in [0.1, 0.15) is 18.1 Å². The number of aliphatic hydroxyl groups is 2. The van der Waals surface area contributed by atoms with E-state index in [0.29, 0.717) is 5.56 Å². The van der Waals surface area contributed by atoms with Gasteiger partial charge in [-0.2, -0.15) is 4.98 Å². The van der Waals surface area contributed by atoms with E-state index in [0.717, 1.165) is 0 Å². The second-order valence-electron chi connectivity index (χ2n) is 4.18. The molecule has 3 atom stereocenters. The molecular formula is C11H14BrN3O4. The Hall–Kier alpha value is -1.22. The van der Waals surface area contributed by atoms with Crippen LogP contribution in [0.4, 0.5) is 5.82 Å². The van der Waals surface area contributed by atoms with E-state index in [1.807, 2.05) is 0 Å². The molecule has 3 unspecified atom stereocenters. The molecule has 1 aromatic rings. The number of aliphatic hydroxyl groups excluding tert-OH is 2. The van der Waals surface area contributed by atoms with Gasteiger partial charge < -0.3 is 20.7 Å². The number of rotatable bonds is 3. The predicted molar refractivity (Wildman–Crippen MR) is 72.5 cm³/mol. The van der Waals surface area contributed by atoms with Crippen LogP contribution in [0.3, 0.4) is 0 Å². The maximum absolute atomic E-state index is 11.8. The van der Waals surface area contributed by atoms with Crippen molar-refractivity contribution in [2.24, 2.45) is 0 Å². The average molecular weight is 332 g/mol. The Balaban J connectivity index is 2.35. The number of nitrogens with two attached hydrogens (primary N) is 1. The van der Waals surface area contributed by atoms with Gasteiger partial charge in [-0.3, -0.25) is 4.57 Å². The van der Waals surface area contributed by atoms with Crippen LogP contribution in [-0.2, 0) is 4.74 Å². The Kier molecular flexibility index (Phi) is 4.35. The van der Waals surface area contributed by atoms with Gasteiger partial charge in [0.05, 0.1) is 12.7 Å². The highest BCUT2D eigenvalue weighted by molar-refractivity contribution is 9.11. The largest absolute Gasteiger partial charge is 0.394 e. The monoisotopic (exact) mass is 331 g/mol. The molecule has 0 aliphatic carbocycles. The number of hydrogen-bond acceptors (Lipinski definition) is 6. The molecule has 2 rings (SSSR count). The van der Waals surface area contributed by atoms with Gasteiger partial charge in [0, 0.05) is 18.2 Å². The second kappa shape index (κ2) is 5.83. The Bertz CT molecular complexity index is 545. The third-order valence-corrected chi connectivity index (χ3v) is 3.21. The lowest BCUT2D eigenvalue weighted by atomic mass is 10.2. The number of halogens is 1. The van der Waals surface area contributed by atoms with Crippen molar-refractivity contribution in [2.45, 2.75) is 24.9 Å². The first-order valence-electron chi connectivity index (χ1n) is 5.66. The summed E-state index contributed by atoms with van der Waals surface area (Å²) >= 11 is 3.12. The molecule has 104 valence electrons. The second-order valence-corrected chi connectivity index (χ2v) is 4.71. The number of nitrogens with zero attached hydrogens (tertiary/aromatic N) is 2. The minimum atomic E-state index is -0.811. The zero-order valence-electron chi connectivity index (χ0n) is 9.94. The molecule has 7 nitrogen and oxygen atoms in total. The van der Waals surface area contributed by atoms with Crippen molar-refractivity contribution < 1.29 is 14.9 Å². The van der Waals surface area contributed by atoms with Crippen LogP contribution in [0.1, 0.15) is 18.2 Å². The molecule has 0 amide bonds. The fraction of sp³-hybridized carbons (Fsp3) is 0.455. The number of aromatic nitrogens is 2. The Morgan fingerprint density at radius 1 is 1.68 bits per heavy atom. The smallest absolute Gasteiger partial charge is 0.351 e. The fourth-order valence-corrected chi connectivity index (χ4v) is 2.23. The molecule has 0 bridgehead atoms. The van der Waals surface area contributed by atoms with Crippen LogP contribution < -0.4 is 11.4 Å². The lowest BCUT2D eigenvalue weighted by Crippen LogP contribution is -2.28. The predicted octanol–water partition coefficient (Wildman–Crippen LogP) is -0.168. The molecule has 0 saturated carbocycles. The topological polar surface area (TPSA) is 111 Å². The van der Waals surface area contributed by atoms with E-state index in [-0.39, 0.29) is 18.8 Å². The average Bonchev–Trinajstić information content (AvgIpc) is 2.74. The highest BCUT2D eigenvalue weighted by Crippen LogP contribution is 2.27. The van der Waals surface area contributed by atoms with E-state index in [4.69, 9.17) is 15.6 Å². The van der Waals surface area contributed by atoms with Crippen molar-refractivity contribution >= 4 is 27.8 Å². The number of hydrogen-bond donors (Lipinski definition) is 3. The summed E-state index contributed by atoms with van der Waals surface area (Å²) in [4.78, 5) is 17.1. The van der Waals surface area contributed by atoms with E-state index >= 15 is 0 Å². The lowest BCUT2D eigenvalue weighted by Gasteiger charge is -2.15. The molecule has 1 aromatic heterocycles. The number of nitrogen functional groups attached to an aromatic ring is 1. The highest BCUT2D eigenvalue weighted by Gasteiger charge is 2.35. The summed E-state index contributed by atoms with van der Waals surface area (Å²) in [7, 11) is 0. The molecular weight excluding hydrogens is 318 g/mol. The normalized spacial score (nSPS) is 27.2.